The van der Waals surface area contributed by atoms with Crippen molar-refractivity contribution in [1.29, 1.82) is 0 Å². The van der Waals surface area contributed by atoms with Crippen LogP contribution in [0, 0.1) is 0 Å². The van der Waals surface area contributed by atoms with E-state index in [1.807, 2.05) is 0 Å². The van der Waals surface area contributed by atoms with E-state index in [9.17, 15) is 18.0 Å². The van der Waals surface area contributed by atoms with Gasteiger partial charge in [-0.15, -0.1) is 0 Å². The van der Waals surface area contributed by atoms with Crippen molar-refractivity contribution in [2.24, 2.45) is 0 Å². The fourth-order valence-corrected chi connectivity index (χ4v) is 2.78. The van der Waals surface area contributed by atoms with Gasteiger partial charge in [-0.25, -0.2) is 4.79 Å². The van der Waals surface area contributed by atoms with Gasteiger partial charge in [0.15, 0.2) is 0 Å². The molecule has 0 aromatic rings. The van der Waals surface area contributed by atoms with E-state index >= 15 is 0 Å². The van der Waals surface area contributed by atoms with E-state index in [1.165, 1.54) is 21.3 Å². The van der Waals surface area contributed by atoms with E-state index in [1.54, 1.807) is 0 Å². The predicted octanol–water partition coefficient (Wildman–Crippen LogP) is 1.36. The minimum absolute atomic E-state index is 0.170. The zero-order valence-electron chi connectivity index (χ0n) is 9.80. The third-order valence-electron chi connectivity index (χ3n) is 2.02. The van der Waals surface area contributed by atoms with Gasteiger partial charge in [-0.2, -0.15) is 13.2 Å². The molecule has 0 saturated carbocycles. The summed E-state index contributed by atoms with van der Waals surface area (Å²) < 4.78 is 54.5. The summed E-state index contributed by atoms with van der Waals surface area (Å²) >= 11 is 0. The van der Waals surface area contributed by atoms with Crippen molar-refractivity contribution >= 4 is 14.8 Å². The highest BCUT2D eigenvalue weighted by atomic mass is 28.4. The highest BCUT2D eigenvalue weighted by Gasteiger charge is 2.41. The van der Waals surface area contributed by atoms with E-state index in [-0.39, 0.29) is 19.1 Å². The molecule has 0 N–H and O–H groups in total. The fraction of sp³-hybridized carbons (Fsp3) is 0.875. The SMILES string of the molecule is CO[Si](CCCOC(=O)C(F)(F)F)(OC)OC. The molecule has 0 amide bonds. The van der Waals surface area contributed by atoms with Crippen LogP contribution in [0.15, 0.2) is 0 Å². The first-order chi connectivity index (χ1) is 7.81. The Kier molecular flexibility index (Phi) is 6.68. The summed E-state index contributed by atoms with van der Waals surface area (Å²) in [4.78, 5) is 10.4. The Balaban J connectivity index is 3.96. The van der Waals surface area contributed by atoms with Gasteiger partial charge in [0.2, 0.25) is 0 Å². The van der Waals surface area contributed by atoms with E-state index in [0.717, 1.165) is 0 Å². The van der Waals surface area contributed by atoms with Gasteiger partial charge in [-0.1, -0.05) is 0 Å². The van der Waals surface area contributed by atoms with Crippen LogP contribution < -0.4 is 0 Å². The number of hydrogen-bond donors (Lipinski definition) is 0. The molecular formula is C8H15F3O5Si. The van der Waals surface area contributed by atoms with Crippen LogP contribution in [0.25, 0.3) is 0 Å². The standard InChI is InChI=1S/C8H15F3O5Si/c1-13-17(14-2,15-3)6-4-5-16-7(12)8(9,10)11/h4-6H2,1-3H3. The zero-order chi connectivity index (χ0) is 13.5. The predicted molar refractivity (Wildman–Crippen MR) is 53.2 cm³/mol. The van der Waals surface area contributed by atoms with Crippen molar-refractivity contribution in [2.45, 2.75) is 18.6 Å². The van der Waals surface area contributed by atoms with Crippen LogP contribution in [-0.4, -0.2) is 48.9 Å². The van der Waals surface area contributed by atoms with E-state index in [4.69, 9.17) is 13.3 Å². The van der Waals surface area contributed by atoms with Crippen LogP contribution >= 0.6 is 0 Å². The molecule has 0 atom stereocenters. The van der Waals surface area contributed by atoms with Crippen molar-refractivity contribution in [2.75, 3.05) is 27.9 Å². The number of carbonyl (C=O) groups is 1. The molecule has 0 aromatic heterocycles. The molecule has 0 fully saturated rings. The third-order valence-corrected chi connectivity index (χ3v) is 4.86. The van der Waals surface area contributed by atoms with E-state index in [0.29, 0.717) is 0 Å². The minimum atomic E-state index is -4.96. The molecule has 0 unspecified atom stereocenters. The van der Waals surface area contributed by atoms with Crippen molar-refractivity contribution in [3.63, 3.8) is 0 Å². The maximum absolute atomic E-state index is 11.8. The molecule has 0 aromatic carbocycles. The monoisotopic (exact) mass is 276 g/mol. The Morgan fingerprint density at radius 3 is 1.94 bits per heavy atom. The Bertz CT molecular complexity index is 234. The molecular weight excluding hydrogens is 261 g/mol. The van der Waals surface area contributed by atoms with Crippen LogP contribution in [0.2, 0.25) is 6.04 Å². The third kappa shape index (κ3) is 5.48. The van der Waals surface area contributed by atoms with Crippen LogP contribution in [0.3, 0.4) is 0 Å². The number of carbonyl (C=O) groups excluding carboxylic acids is 1. The highest BCUT2D eigenvalue weighted by Crippen LogP contribution is 2.18. The molecule has 0 bridgehead atoms. The summed E-state index contributed by atoms with van der Waals surface area (Å²) in [5.74, 6) is -2.20. The molecule has 0 saturated heterocycles. The lowest BCUT2D eigenvalue weighted by Crippen LogP contribution is -2.42. The average Bonchev–Trinajstić information content (AvgIpc) is 2.29. The summed E-state index contributed by atoms with van der Waals surface area (Å²) in [5, 5.41) is 0. The lowest BCUT2D eigenvalue weighted by Gasteiger charge is -2.24. The average molecular weight is 276 g/mol. The number of esters is 1. The lowest BCUT2D eigenvalue weighted by molar-refractivity contribution is -0.199. The van der Waals surface area contributed by atoms with E-state index < -0.39 is 21.0 Å². The highest BCUT2D eigenvalue weighted by molar-refractivity contribution is 6.60. The first-order valence-corrected chi connectivity index (χ1v) is 6.64. The molecule has 9 heteroatoms. The molecule has 17 heavy (non-hydrogen) atoms. The molecule has 0 heterocycles. The quantitative estimate of drug-likeness (QED) is 0.399. The second-order valence-electron chi connectivity index (χ2n) is 3.03. The molecule has 5 nitrogen and oxygen atoms in total. The Morgan fingerprint density at radius 1 is 1.12 bits per heavy atom. The smallest absolute Gasteiger partial charge is 0.459 e. The first-order valence-electron chi connectivity index (χ1n) is 4.70. The Labute approximate surface area is 98.2 Å². The maximum atomic E-state index is 11.8. The Hall–Kier alpha value is -0.643. The summed E-state index contributed by atoms with van der Waals surface area (Å²) in [5.41, 5.74) is 0. The van der Waals surface area contributed by atoms with Crippen molar-refractivity contribution in [3.05, 3.63) is 0 Å². The fourth-order valence-electron chi connectivity index (χ4n) is 1.09. The van der Waals surface area contributed by atoms with Gasteiger partial charge in [0, 0.05) is 27.4 Å². The number of alkyl halides is 3. The van der Waals surface area contributed by atoms with Crippen LogP contribution in [0.4, 0.5) is 13.2 Å². The zero-order valence-corrected chi connectivity index (χ0v) is 10.8. The number of hydrogen-bond acceptors (Lipinski definition) is 5. The summed E-state index contributed by atoms with van der Waals surface area (Å²) in [6.45, 7) is -0.358. The summed E-state index contributed by atoms with van der Waals surface area (Å²) in [7, 11) is 1.36. The van der Waals surface area contributed by atoms with Crippen molar-refractivity contribution in [1.82, 2.24) is 0 Å². The molecule has 0 rings (SSSR count). The van der Waals surface area contributed by atoms with Gasteiger partial charge < -0.3 is 18.0 Å². The second-order valence-corrected chi connectivity index (χ2v) is 6.12. The second kappa shape index (κ2) is 6.94. The summed E-state index contributed by atoms with van der Waals surface area (Å²) in [6.07, 6.45) is -4.79. The molecule has 0 aliphatic carbocycles. The minimum Gasteiger partial charge on any atom is -0.459 e. The van der Waals surface area contributed by atoms with Crippen LogP contribution in [0.5, 0.6) is 0 Å². The van der Waals surface area contributed by atoms with Crippen molar-refractivity contribution < 1.29 is 36.0 Å². The van der Waals surface area contributed by atoms with Crippen molar-refractivity contribution in [3.8, 4) is 0 Å². The molecule has 0 aliphatic rings. The van der Waals surface area contributed by atoms with Crippen LogP contribution in [-0.2, 0) is 22.8 Å². The van der Waals surface area contributed by atoms with Gasteiger partial charge >= 0.3 is 21.0 Å². The largest absolute Gasteiger partial charge is 0.500 e. The molecule has 0 radical (unpaired) electrons. The van der Waals surface area contributed by atoms with E-state index in [2.05, 4.69) is 4.74 Å². The number of halogens is 3. The first kappa shape index (κ1) is 16.4. The van der Waals surface area contributed by atoms with Gasteiger partial charge in [-0.05, 0) is 6.42 Å². The van der Waals surface area contributed by atoms with Gasteiger partial charge in [0.05, 0.1) is 6.61 Å². The van der Waals surface area contributed by atoms with Gasteiger partial charge in [0.1, 0.15) is 0 Å². The lowest BCUT2D eigenvalue weighted by atomic mass is 10.5. The normalized spacial score (nSPS) is 12.6. The number of ether oxygens (including phenoxy) is 1. The molecule has 102 valence electrons. The van der Waals surface area contributed by atoms with Crippen LogP contribution in [0.1, 0.15) is 6.42 Å². The summed E-state index contributed by atoms with van der Waals surface area (Å²) in [6, 6.07) is 0.266. The Morgan fingerprint density at radius 2 is 1.59 bits per heavy atom. The molecule has 0 spiro atoms. The number of rotatable bonds is 7. The van der Waals surface area contributed by atoms with Gasteiger partial charge in [-0.3, -0.25) is 0 Å². The topological polar surface area (TPSA) is 54.0 Å². The molecule has 0 aliphatic heterocycles. The maximum Gasteiger partial charge on any atom is 0.500 e. The van der Waals surface area contributed by atoms with Gasteiger partial charge in [0.25, 0.3) is 0 Å².